The Morgan fingerprint density at radius 1 is 1.37 bits per heavy atom. The lowest BCUT2D eigenvalue weighted by Crippen LogP contribution is -2.02. The summed E-state index contributed by atoms with van der Waals surface area (Å²) in [6.45, 7) is 1.41. The Hall–Kier alpha value is -1.72. The maximum atomic E-state index is 5.57. The molecule has 3 rings (SSSR count). The van der Waals surface area contributed by atoms with Gasteiger partial charge in [-0.25, -0.2) is 0 Å². The summed E-state index contributed by atoms with van der Waals surface area (Å²) in [5, 5.41) is 4.01. The third-order valence-electron chi connectivity index (χ3n) is 3.27. The first-order chi connectivity index (χ1) is 9.36. The highest BCUT2D eigenvalue weighted by atomic mass is 16.5. The molecule has 1 aliphatic heterocycles. The molecule has 2 aromatic rings. The van der Waals surface area contributed by atoms with Crippen molar-refractivity contribution in [2.75, 3.05) is 13.2 Å². The molecular formula is C14H17N3O2. The number of nitrogens with zero attached hydrogens (tertiary/aromatic N) is 2. The molecule has 0 bridgehead atoms. The number of rotatable bonds is 4. The van der Waals surface area contributed by atoms with Crippen LogP contribution in [0.4, 0.5) is 0 Å². The summed E-state index contributed by atoms with van der Waals surface area (Å²) < 4.78 is 10.9. The van der Waals surface area contributed by atoms with Crippen molar-refractivity contribution >= 4 is 0 Å². The van der Waals surface area contributed by atoms with Crippen molar-refractivity contribution in [1.82, 2.24) is 10.1 Å². The lowest BCUT2D eigenvalue weighted by Gasteiger charge is -2.01. The molecule has 1 fully saturated rings. The highest BCUT2D eigenvalue weighted by Gasteiger charge is 2.23. The van der Waals surface area contributed by atoms with Gasteiger partial charge in [0.05, 0.1) is 0 Å². The van der Waals surface area contributed by atoms with Crippen LogP contribution in [0.25, 0.3) is 11.5 Å². The van der Waals surface area contributed by atoms with Gasteiger partial charge in [0, 0.05) is 12.2 Å². The molecule has 0 radical (unpaired) electrons. The van der Waals surface area contributed by atoms with Crippen molar-refractivity contribution in [3.8, 4) is 11.5 Å². The number of hydrogen-bond acceptors (Lipinski definition) is 5. The number of aromatic nitrogens is 2. The third kappa shape index (κ3) is 2.67. The molecule has 0 saturated carbocycles. The van der Waals surface area contributed by atoms with E-state index in [-0.39, 0.29) is 6.10 Å². The Labute approximate surface area is 111 Å². The number of hydrogen-bond donors (Lipinski definition) is 1. The standard InChI is InChI=1S/C14H17N3O2/c15-7-6-10-3-1-4-11(9-10)14-16-13(17-19-14)12-5-2-8-18-12/h1,3-4,9,12H,2,5-8,15H2. The zero-order valence-corrected chi connectivity index (χ0v) is 10.7. The Morgan fingerprint density at radius 3 is 3.11 bits per heavy atom. The van der Waals surface area contributed by atoms with Crippen LogP contribution in [0.3, 0.4) is 0 Å². The molecule has 19 heavy (non-hydrogen) atoms. The summed E-state index contributed by atoms with van der Waals surface area (Å²) in [6, 6.07) is 8.04. The summed E-state index contributed by atoms with van der Waals surface area (Å²) in [6.07, 6.45) is 2.86. The van der Waals surface area contributed by atoms with Crippen LogP contribution in [0.2, 0.25) is 0 Å². The molecule has 0 spiro atoms. The zero-order valence-electron chi connectivity index (χ0n) is 10.7. The van der Waals surface area contributed by atoms with Crippen molar-refractivity contribution in [2.45, 2.75) is 25.4 Å². The number of nitrogens with two attached hydrogens (primary N) is 1. The van der Waals surface area contributed by atoms with Gasteiger partial charge in [0.25, 0.3) is 5.89 Å². The van der Waals surface area contributed by atoms with Gasteiger partial charge in [0.2, 0.25) is 5.82 Å². The molecule has 5 nitrogen and oxygen atoms in total. The lowest BCUT2D eigenvalue weighted by atomic mass is 10.1. The first-order valence-corrected chi connectivity index (χ1v) is 6.61. The molecule has 1 aromatic carbocycles. The fourth-order valence-electron chi connectivity index (χ4n) is 2.29. The van der Waals surface area contributed by atoms with Crippen molar-refractivity contribution in [3.63, 3.8) is 0 Å². The second-order valence-corrected chi connectivity index (χ2v) is 4.70. The Bertz CT molecular complexity index is 547. The molecule has 0 amide bonds. The van der Waals surface area contributed by atoms with Gasteiger partial charge in [0.1, 0.15) is 6.10 Å². The fourth-order valence-corrected chi connectivity index (χ4v) is 2.29. The second kappa shape index (κ2) is 5.50. The van der Waals surface area contributed by atoms with E-state index in [4.69, 9.17) is 15.0 Å². The topological polar surface area (TPSA) is 74.2 Å². The Balaban J connectivity index is 1.83. The van der Waals surface area contributed by atoms with Crippen molar-refractivity contribution in [3.05, 3.63) is 35.7 Å². The molecule has 0 aliphatic carbocycles. The van der Waals surface area contributed by atoms with Gasteiger partial charge in [-0.3, -0.25) is 0 Å². The zero-order chi connectivity index (χ0) is 13.1. The lowest BCUT2D eigenvalue weighted by molar-refractivity contribution is 0.103. The van der Waals surface area contributed by atoms with E-state index in [1.54, 1.807) is 0 Å². The van der Waals surface area contributed by atoms with Crippen LogP contribution in [-0.2, 0) is 11.2 Å². The first kappa shape index (κ1) is 12.3. The predicted molar refractivity (Wildman–Crippen MR) is 70.4 cm³/mol. The molecule has 1 aromatic heterocycles. The van der Waals surface area contributed by atoms with E-state index in [9.17, 15) is 0 Å². The minimum Gasteiger partial charge on any atom is -0.370 e. The van der Waals surface area contributed by atoms with E-state index in [1.165, 1.54) is 5.56 Å². The largest absolute Gasteiger partial charge is 0.370 e. The maximum absolute atomic E-state index is 5.57. The number of benzene rings is 1. The summed E-state index contributed by atoms with van der Waals surface area (Å²) in [5.74, 6) is 1.20. The van der Waals surface area contributed by atoms with Crippen LogP contribution in [0.5, 0.6) is 0 Å². The summed E-state index contributed by atoms with van der Waals surface area (Å²) in [5.41, 5.74) is 7.68. The predicted octanol–water partition coefficient (Wildman–Crippen LogP) is 2.09. The van der Waals surface area contributed by atoms with E-state index >= 15 is 0 Å². The number of ether oxygens (including phenoxy) is 1. The van der Waals surface area contributed by atoms with Crippen LogP contribution in [0.15, 0.2) is 28.8 Å². The minimum atomic E-state index is -0.00951. The van der Waals surface area contributed by atoms with Crippen LogP contribution < -0.4 is 5.73 Å². The van der Waals surface area contributed by atoms with Gasteiger partial charge in [-0.05, 0) is 43.5 Å². The van der Waals surface area contributed by atoms with Gasteiger partial charge < -0.3 is 15.0 Å². The normalized spacial score (nSPS) is 18.9. The molecule has 1 atom stereocenters. The minimum absolute atomic E-state index is 0.00951. The molecule has 2 N–H and O–H groups in total. The third-order valence-corrected chi connectivity index (χ3v) is 3.27. The van der Waals surface area contributed by atoms with Gasteiger partial charge in [-0.15, -0.1) is 0 Å². The summed E-state index contributed by atoms with van der Waals surface area (Å²) >= 11 is 0. The molecule has 1 aliphatic rings. The van der Waals surface area contributed by atoms with E-state index < -0.39 is 0 Å². The van der Waals surface area contributed by atoms with E-state index in [0.29, 0.717) is 18.3 Å². The van der Waals surface area contributed by atoms with Crippen molar-refractivity contribution in [2.24, 2.45) is 5.73 Å². The van der Waals surface area contributed by atoms with E-state index in [0.717, 1.165) is 31.4 Å². The van der Waals surface area contributed by atoms with Gasteiger partial charge in [-0.2, -0.15) is 4.98 Å². The molecule has 100 valence electrons. The summed E-state index contributed by atoms with van der Waals surface area (Å²) in [7, 11) is 0. The fraction of sp³-hybridized carbons (Fsp3) is 0.429. The van der Waals surface area contributed by atoms with Crippen molar-refractivity contribution in [1.29, 1.82) is 0 Å². The first-order valence-electron chi connectivity index (χ1n) is 6.61. The molecule has 5 heteroatoms. The van der Waals surface area contributed by atoms with Gasteiger partial charge in [0.15, 0.2) is 0 Å². The summed E-state index contributed by atoms with van der Waals surface area (Å²) in [4.78, 5) is 4.43. The highest BCUT2D eigenvalue weighted by molar-refractivity contribution is 5.54. The monoisotopic (exact) mass is 259 g/mol. The Morgan fingerprint density at radius 2 is 2.32 bits per heavy atom. The molecule has 2 heterocycles. The van der Waals surface area contributed by atoms with E-state index in [2.05, 4.69) is 10.1 Å². The van der Waals surface area contributed by atoms with Crippen molar-refractivity contribution < 1.29 is 9.26 Å². The average molecular weight is 259 g/mol. The van der Waals surface area contributed by atoms with Gasteiger partial charge >= 0.3 is 0 Å². The second-order valence-electron chi connectivity index (χ2n) is 4.70. The molecular weight excluding hydrogens is 242 g/mol. The smallest absolute Gasteiger partial charge is 0.258 e. The molecule has 1 unspecified atom stereocenters. The quantitative estimate of drug-likeness (QED) is 0.910. The maximum Gasteiger partial charge on any atom is 0.258 e. The SMILES string of the molecule is NCCc1cccc(-c2nc(C3CCCO3)no2)c1. The highest BCUT2D eigenvalue weighted by Crippen LogP contribution is 2.28. The average Bonchev–Trinajstić information content (AvgIpc) is 3.11. The van der Waals surface area contributed by atoms with E-state index in [1.807, 2.05) is 24.3 Å². The van der Waals surface area contributed by atoms with Gasteiger partial charge in [-0.1, -0.05) is 17.3 Å². The Kier molecular flexibility index (Phi) is 3.57. The van der Waals surface area contributed by atoms with Crippen LogP contribution in [0, 0.1) is 0 Å². The van der Waals surface area contributed by atoms with Crippen LogP contribution >= 0.6 is 0 Å². The van der Waals surface area contributed by atoms with Crippen LogP contribution in [-0.4, -0.2) is 23.3 Å². The van der Waals surface area contributed by atoms with Crippen LogP contribution in [0.1, 0.15) is 30.3 Å². The molecule has 1 saturated heterocycles.